The fourth-order valence-electron chi connectivity index (χ4n) is 2.73. The molecular weight excluding hydrogens is 326 g/mol. The normalized spacial score (nSPS) is 12.2. The van der Waals surface area contributed by atoms with E-state index in [1.165, 1.54) is 0 Å². The van der Waals surface area contributed by atoms with Crippen molar-refractivity contribution in [3.63, 3.8) is 0 Å². The maximum atomic E-state index is 12.1. The van der Waals surface area contributed by atoms with Crippen LogP contribution in [0.25, 0.3) is 0 Å². The molecule has 1 aromatic carbocycles. The SMILES string of the molecule is CO[C@H](CNC(=O)CCc1c(C)nn(C)c1C)c1ccc(Cl)cc1. The molecule has 1 aromatic heterocycles. The molecule has 1 N–H and O–H groups in total. The summed E-state index contributed by atoms with van der Waals surface area (Å²) in [4.78, 5) is 12.1. The number of hydrogen-bond acceptors (Lipinski definition) is 3. The van der Waals surface area contributed by atoms with Crippen molar-refractivity contribution >= 4 is 17.5 Å². The minimum absolute atomic E-state index is 0.00802. The van der Waals surface area contributed by atoms with E-state index < -0.39 is 0 Å². The molecule has 0 aliphatic rings. The summed E-state index contributed by atoms with van der Waals surface area (Å²) < 4.78 is 7.31. The number of ether oxygens (including phenoxy) is 1. The predicted molar refractivity (Wildman–Crippen MR) is 95.2 cm³/mol. The number of carbonyl (C=O) groups excluding carboxylic acids is 1. The van der Waals surface area contributed by atoms with Crippen LogP contribution in [0.15, 0.2) is 24.3 Å². The van der Waals surface area contributed by atoms with Crippen molar-refractivity contribution < 1.29 is 9.53 Å². The maximum absolute atomic E-state index is 12.1. The topological polar surface area (TPSA) is 56.1 Å². The molecule has 6 heteroatoms. The Balaban J connectivity index is 1.86. The van der Waals surface area contributed by atoms with E-state index in [9.17, 15) is 4.79 Å². The van der Waals surface area contributed by atoms with Crippen molar-refractivity contribution in [2.75, 3.05) is 13.7 Å². The van der Waals surface area contributed by atoms with Crippen molar-refractivity contribution in [3.05, 3.63) is 51.8 Å². The number of hydrogen-bond donors (Lipinski definition) is 1. The Kier molecular flexibility index (Phi) is 6.40. The smallest absolute Gasteiger partial charge is 0.220 e. The highest BCUT2D eigenvalue weighted by atomic mass is 35.5. The van der Waals surface area contributed by atoms with Gasteiger partial charge in [-0.15, -0.1) is 0 Å². The predicted octanol–water partition coefficient (Wildman–Crippen LogP) is 3.13. The summed E-state index contributed by atoms with van der Waals surface area (Å²) in [5.74, 6) is 0.00802. The van der Waals surface area contributed by atoms with Crippen molar-refractivity contribution in [1.82, 2.24) is 15.1 Å². The number of nitrogens with zero attached hydrogens (tertiary/aromatic N) is 2. The van der Waals surface area contributed by atoms with Crippen LogP contribution in [0.5, 0.6) is 0 Å². The lowest BCUT2D eigenvalue weighted by molar-refractivity contribution is -0.121. The molecule has 0 aliphatic carbocycles. The van der Waals surface area contributed by atoms with E-state index in [1.54, 1.807) is 7.11 Å². The average Bonchev–Trinajstić information content (AvgIpc) is 2.80. The lowest BCUT2D eigenvalue weighted by atomic mass is 10.1. The third-order valence-corrected chi connectivity index (χ3v) is 4.52. The summed E-state index contributed by atoms with van der Waals surface area (Å²) in [6.45, 7) is 4.43. The van der Waals surface area contributed by atoms with Crippen molar-refractivity contribution in [1.29, 1.82) is 0 Å². The number of halogens is 1. The number of benzene rings is 1. The first-order valence-electron chi connectivity index (χ1n) is 7.96. The van der Waals surface area contributed by atoms with Gasteiger partial charge in [0.05, 0.1) is 11.8 Å². The number of nitrogens with one attached hydrogen (secondary N) is 1. The third kappa shape index (κ3) is 4.58. The first kappa shape index (κ1) is 18.5. The number of rotatable bonds is 7. The lowest BCUT2D eigenvalue weighted by Gasteiger charge is -2.16. The highest BCUT2D eigenvalue weighted by molar-refractivity contribution is 6.30. The Labute approximate surface area is 148 Å². The highest BCUT2D eigenvalue weighted by Crippen LogP contribution is 2.19. The molecule has 0 unspecified atom stereocenters. The summed E-state index contributed by atoms with van der Waals surface area (Å²) in [6, 6.07) is 7.45. The van der Waals surface area contributed by atoms with Gasteiger partial charge in [-0.2, -0.15) is 5.10 Å². The second-order valence-corrected chi connectivity index (χ2v) is 6.29. The van der Waals surface area contributed by atoms with Gasteiger partial charge in [0.25, 0.3) is 0 Å². The van der Waals surface area contributed by atoms with Crippen LogP contribution in [-0.2, 0) is 23.0 Å². The van der Waals surface area contributed by atoms with Crippen molar-refractivity contribution in [2.45, 2.75) is 32.8 Å². The Bertz CT molecular complexity index is 695. The molecule has 2 aromatic rings. The largest absolute Gasteiger partial charge is 0.375 e. The van der Waals surface area contributed by atoms with Crippen LogP contribution in [0, 0.1) is 13.8 Å². The van der Waals surface area contributed by atoms with Gasteiger partial charge in [0.15, 0.2) is 0 Å². The van der Waals surface area contributed by atoms with Crippen LogP contribution in [0.1, 0.15) is 35.0 Å². The summed E-state index contributed by atoms with van der Waals surface area (Å²) in [7, 11) is 3.55. The molecular formula is C18H24ClN3O2. The molecule has 5 nitrogen and oxygen atoms in total. The first-order valence-corrected chi connectivity index (χ1v) is 8.34. The number of carbonyl (C=O) groups is 1. The Morgan fingerprint density at radius 3 is 2.54 bits per heavy atom. The van der Waals surface area contributed by atoms with E-state index in [2.05, 4.69) is 10.4 Å². The minimum atomic E-state index is -0.187. The monoisotopic (exact) mass is 349 g/mol. The van der Waals surface area contributed by atoms with E-state index in [0.29, 0.717) is 24.4 Å². The van der Waals surface area contributed by atoms with E-state index in [1.807, 2.05) is 49.8 Å². The molecule has 0 aliphatic heterocycles. The molecule has 0 saturated heterocycles. The Morgan fingerprint density at radius 1 is 1.33 bits per heavy atom. The second-order valence-electron chi connectivity index (χ2n) is 5.85. The van der Waals surface area contributed by atoms with Crippen LogP contribution in [0.2, 0.25) is 5.02 Å². The van der Waals surface area contributed by atoms with E-state index in [-0.39, 0.29) is 12.0 Å². The van der Waals surface area contributed by atoms with Gasteiger partial charge in [-0.25, -0.2) is 0 Å². The first-order chi connectivity index (χ1) is 11.4. The number of aromatic nitrogens is 2. The summed E-state index contributed by atoms with van der Waals surface area (Å²) in [5, 5.41) is 8.00. The summed E-state index contributed by atoms with van der Waals surface area (Å²) in [6.07, 6.45) is 0.938. The Morgan fingerprint density at radius 2 is 2.00 bits per heavy atom. The summed E-state index contributed by atoms with van der Waals surface area (Å²) in [5.41, 5.74) is 4.23. The minimum Gasteiger partial charge on any atom is -0.375 e. The molecule has 1 amide bonds. The van der Waals surface area contributed by atoms with Crippen LogP contribution in [0.4, 0.5) is 0 Å². The zero-order chi connectivity index (χ0) is 17.7. The van der Waals surface area contributed by atoms with E-state index >= 15 is 0 Å². The average molecular weight is 350 g/mol. The van der Waals surface area contributed by atoms with Gasteiger partial charge >= 0.3 is 0 Å². The van der Waals surface area contributed by atoms with Crippen LogP contribution >= 0.6 is 11.6 Å². The molecule has 130 valence electrons. The van der Waals surface area contributed by atoms with E-state index in [0.717, 1.165) is 22.5 Å². The van der Waals surface area contributed by atoms with Crippen molar-refractivity contribution in [3.8, 4) is 0 Å². The number of amides is 1. The molecule has 24 heavy (non-hydrogen) atoms. The quantitative estimate of drug-likeness (QED) is 0.835. The highest BCUT2D eigenvalue weighted by Gasteiger charge is 2.14. The second kappa shape index (κ2) is 8.31. The number of aryl methyl sites for hydroxylation is 2. The van der Waals surface area contributed by atoms with Gasteiger partial charge in [0.1, 0.15) is 0 Å². The molecule has 1 atom stereocenters. The fourth-order valence-corrected chi connectivity index (χ4v) is 2.85. The lowest BCUT2D eigenvalue weighted by Crippen LogP contribution is -2.29. The zero-order valence-corrected chi connectivity index (χ0v) is 15.4. The zero-order valence-electron chi connectivity index (χ0n) is 14.6. The molecule has 0 spiro atoms. The Hall–Kier alpha value is -1.85. The molecule has 1 heterocycles. The standard InChI is InChI=1S/C18H24ClN3O2/c1-12-16(13(2)22(3)21-12)9-10-18(23)20-11-17(24-4)14-5-7-15(19)8-6-14/h5-8,17H,9-11H2,1-4H3,(H,20,23)/t17-/m1/s1. The fraction of sp³-hybridized carbons (Fsp3) is 0.444. The van der Waals surface area contributed by atoms with Crippen LogP contribution in [-0.4, -0.2) is 29.3 Å². The van der Waals surface area contributed by atoms with Crippen molar-refractivity contribution in [2.24, 2.45) is 7.05 Å². The van der Waals surface area contributed by atoms with Gasteiger partial charge in [-0.05, 0) is 43.5 Å². The number of methoxy groups -OCH3 is 1. The van der Waals surface area contributed by atoms with Gasteiger partial charge in [-0.3, -0.25) is 9.48 Å². The van der Waals surface area contributed by atoms with Gasteiger partial charge in [0, 0.05) is 37.8 Å². The molecule has 0 saturated carbocycles. The summed E-state index contributed by atoms with van der Waals surface area (Å²) >= 11 is 5.90. The molecule has 0 radical (unpaired) electrons. The molecule has 0 fully saturated rings. The maximum Gasteiger partial charge on any atom is 0.220 e. The van der Waals surface area contributed by atoms with Gasteiger partial charge < -0.3 is 10.1 Å². The van der Waals surface area contributed by atoms with Crippen LogP contribution in [0.3, 0.4) is 0 Å². The van der Waals surface area contributed by atoms with Crippen LogP contribution < -0.4 is 5.32 Å². The van der Waals surface area contributed by atoms with Gasteiger partial charge in [-0.1, -0.05) is 23.7 Å². The van der Waals surface area contributed by atoms with Gasteiger partial charge in [0.2, 0.25) is 5.91 Å². The molecule has 0 bridgehead atoms. The molecule has 2 rings (SSSR count). The third-order valence-electron chi connectivity index (χ3n) is 4.27. The van der Waals surface area contributed by atoms with E-state index in [4.69, 9.17) is 16.3 Å².